The lowest BCUT2D eigenvalue weighted by Gasteiger charge is -2.21. The molecule has 2 rings (SSSR count). The molecule has 90 valence electrons. The zero-order chi connectivity index (χ0) is 11.6. The molecule has 1 aromatic heterocycles. The fourth-order valence-electron chi connectivity index (χ4n) is 1.97. The third-order valence-electron chi connectivity index (χ3n) is 2.96. The first-order chi connectivity index (χ1) is 7.55. The molecule has 1 saturated heterocycles. The second-order valence-corrected chi connectivity index (χ2v) is 6.22. The Bertz CT molecular complexity index is 356. The molecule has 0 spiro atoms. The third kappa shape index (κ3) is 3.38. The summed E-state index contributed by atoms with van der Waals surface area (Å²) in [5, 5.41) is 18.7. The fraction of sp³-hybridized carbons (Fsp3) is 0.800. The highest BCUT2D eigenvalue weighted by Gasteiger charge is 2.25. The molecule has 0 saturated carbocycles. The summed E-state index contributed by atoms with van der Waals surface area (Å²) in [7, 11) is 0. The summed E-state index contributed by atoms with van der Waals surface area (Å²) in [5.41, 5.74) is -0.506. The molecule has 1 aromatic rings. The third-order valence-corrected chi connectivity index (χ3v) is 3.96. The maximum atomic E-state index is 9.97. The zero-order valence-electron chi connectivity index (χ0n) is 9.32. The van der Waals surface area contributed by atoms with E-state index in [0.717, 1.165) is 43.9 Å². The van der Waals surface area contributed by atoms with Crippen molar-refractivity contribution in [2.24, 2.45) is 0 Å². The van der Waals surface area contributed by atoms with Crippen LogP contribution in [0.2, 0.25) is 4.47 Å². The summed E-state index contributed by atoms with van der Waals surface area (Å²) in [6.07, 6.45) is 2.72. The van der Waals surface area contributed by atoms with Gasteiger partial charge in [0.15, 0.2) is 0 Å². The maximum absolute atomic E-state index is 9.97. The fourth-order valence-corrected chi connectivity index (χ4v) is 2.88. The van der Waals surface area contributed by atoms with Gasteiger partial charge in [-0.15, -0.1) is 10.2 Å². The average molecular weight is 262 g/mol. The van der Waals surface area contributed by atoms with E-state index >= 15 is 0 Å². The normalized spacial score (nSPS) is 27.9. The number of halogens is 1. The van der Waals surface area contributed by atoms with E-state index in [9.17, 15) is 5.11 Å². The maximum Gasteiger partial charge on any atom is 0.207 e. The van der Waals surface area contributed by atoms with Gasteiger partial charge in [0.1, 0.15) is 5.01 Å². The Morgan fingerprint density at radius 2 is 2.25 bits per heavy atom. The van der Waals surface area contributed by atoms with Gasteiger partial charge in [0.25, 0.3) is 0 Å². The molecule has 1 N–H and O–H groups in total. The van der Waals surface area contributed by atoms with Gasteiger partial charge in [-0.3, -0.25) is 4.90 Å². The van der Waals surface area contributed by atoms with Crippen molar-refractivity contribution in [1.29, 1.82) is 0 Å². The van der Waals surface area contributed by atoms with E-state index in [-0.39, 0.29) is 0 Å². The van der Waals surface area contributed by atoms with E-state index in [1.807, 2.05) is 6.92 Å². The van der Waals surface area contributed by atoms with Crippen molar-refractivity contribution in [2.45, 2.75) is 38.3 Å². The molecule has 1 aliphatic rings. The molecule has 0 radical (unpaired) electrons. The first-order valence-electron chi connectivity index (χ1n) is 5.48. The van der Waals surface area contributed by atoms with Crippen LogP contribution in [0.1, 0.15) is 31.2 Å². The van der Waals surface area contributed by atoms with Crippen molar-refractivity contribution < 1.29 is 5.11 Å². The highest BCUT2D eigenvalue weighted by atomic mass is 35.5. The predicted molar refractivity (Wildman–Crippen MR) is 64.7 cm³/mol. The molecule has 1 fully saturated rings. The van der Waals surface area contributed by atoms with Crippen LogP contribution < -0.4 is 0 Å². The number of likely N-dealkylation sites (tertiary alicyclic amines) is 1. The molecular weight excluding hydrogens is 246 g/mol. The summed E-state index contributed by atoms with van der Waals surface area (Å²) in [4.78, 5) is 2.30. The predicted octanol–water partition coefficient (Wildman–Crippen LogP) is 1.93. The van der Waals surface area contributed by atoms with Crippen LogP contribution in [0.4, 0.5) is 0 Å². The van der Waals surface area contributed by atoms with Gasteiger partial charge in [-0.1, -0.05) is 11.3 Å². The first-order valence-corrected chi connectivity index (χ1v) is 6.67. The Morgan fingerprint density at radius 1 is 1.44 bits per heavy atom. The number of aliphatic hydroxyl groups is 1. The average Bonchev–Trinajstić information content (AvgIpc) is 2.52. The van der Waals surface area contributed by atoms with Crippen LogP contribution in [-0.4, -0.2) is 38.9 Å². The van der Waals surface area contributed by atoms with Gasteiger partial charge in [0, 0.05) is 6.54 Å². The van der Waals surface area contributed by atoms with Crippen molar-refractivity contribution >= 4 is 22.9 Å². The standard InChI is InChI=1S/C10H16ClN3OS/c1-10(15)3-2-5-14(6-4-10)7-8-12-13-9(11)16-8/h15H,2-7H2,1H3. The van der Waals surface area contributed by atoms with Crippen LogP contribution in [0.5, 0.6) is 0 Å². The van der Waals surface area contributed by atoms with Gasteiger partial charge < -0.3 is 5.11 Å². The number of hydrogen-bond donors (Lipinski definition) is 1. The molecule has 1 atom stereocenters. The smallest absolute Gasteiger partial charge is 0.207 e. The van der Waals surface area contributed by atoms with Crippen LogP contribution in [0, 0.1) is 0 Å². The van der Waals surface area contributed by atoms with Crippen molar-refractivity contribution in [2.75, 3.05) is 13.1 Å². The number of nitrogens with zero attached hydrogens (tertiary/aromatic N) is 3. The Morgan fingerprint density at radius 3 is 2.94 bits per heavy atom. The molecule has 0 aliphatic carbocycles. The molecule has 0 amide bonds. The summed E-state index contributed by atoms with van der Waals surface area (Å²) in [6.45, 7) is 4.62. The minimum atomic E-state index is -0.506. The minimum absolute atomic E-state index is 0.497. The van der Waals surface area contributed by atoms with Crippen molar-refractivity contribution in [3.63, 3.8) is 0 Å². The molecule has 4 nitrogen and oxygen atoms in total. The molecule has 2 heterocycles. The lowest BCUT2D eigenvalue weighted by atomic mass is 9.98. The number of aromatic nitrogens is 2. The summed E-state index contributed by atoms with van der Waals surface area (Å²) >= 11 is 7.17. The van der Waals surface area contributed by atoms with Gasteiger partial charge in [0.05, 0.1) is 12.1 Å². The van der Waals surface area contributed by atoms with E-state index < -0.39 is 5.60 Å². The molecular formula is C10H16ClN3OS. The minimum Gasteiger partial charge on any atom is -0.390 e. The first kappa shape index (κ1) is 12.2. The largest absolute Gasteiger partial charge is 0.390 e. The second-order valence-electron chi connectivity index (χ2n) is 4.58. The number of hydrogen-bond acceptors (Lipinski definition) is 5. The van der Waals surface area contributed by atoms with Crippen LogP contribution in [0.25, 0.3) is 0 Å². The summed E-state index contributed by atoms with van der Waals surface area (Å²) < 4.78 is 0.497. The van der Waals surface area contributed by atoms with E-state index in [4.69, 9.17) is 11.6 Å². The molecule has 6 heteroatoms. The number of rotatable bonds is 2. The van der Waals surface area contributed by atoms with Gasteiger partial charge >= 0.3 is 0 Å². The summed E-state index contributed by atoms with van der Waals surface area (Å²) in [6, 6.07) is 0. The van der Waals surface area contributed by atoms with Gasteiger partial charge in [-0.05, 0) is 44.3 Å². The second kappa shape index (κ2) is 4.96. The van der Waals surface area contributed by atoms with Crippen molar-refractivity contribution in [1.82, 2.24) is 15.1 Å². The monoisotopic (exact) mass is 261 g/mol. The van der Waals surface area contributed by atoms with Gasteiger partial charge in [-0.2, -0.15) is 0 Å². The van der Waals surface area contributed by atoms with E-state index in [1.54, 1.807) is 0 Å². The highest BCUT2D eigenvalue weighted by Crippen LogP contribution is 2.23. The molecule has 1 unspecified atom stereocenters. The SMILES string of the molecule is CC1(O)CCCN(Cc2nnc(Cl)s2)CC1. The van der Waals surface area contributed by atoms with Gasteiger partial charge in [-0.25, -0.2) is 0 Å². The van der Waals surface area contributed by atoms with E-state index in [0.29, 0.717) is 4.47 Å². The lowest BCUT2D eigenvalue weighted by molar-refractivity contribution is 0.0444. The molecule has 0 bridgehead atoms. The van der Waals surface area contributed by atoms with Crippen LogP contribution in [-0.2, 0) is 6.54 Å². The van der Waals surface area contributed by atoms with Crippen molar-refractivity contribution in [3.05, 3.63) is 9.47 Å². The Hall–Kier alpha value is -0.230. The van der Waals surface area contributed by atoms with E-state index in [1.165, 1.54) is 11.3 Å². The topological polar surface area (TPSA) is 49.2 Å². The summed E-state index contributed by atoms with van der Waals surface area (Å²) in [5.74, 6) is 0. The van der Waals surface area contributed by atoms with E-state index in [2.05, 4.69) is 15.1 Å². The Labute approximate surface area is 104 Å². The van der Waals surface area contributed by atoms with Crippen molar-refractivity contribution in [3.8, 4) is 0 Å². The molecule has 0 aromatic carbocycles. The van der Waals surface area contributed by atoms with Gasteiger partial charge in [0.2, 0.25) is 4.47 Å². The Kier molecular flexibility index (Phi) is 3.79. The van der Waals surface area contributed by atoms with Crippen LogP contribution >= 0.6 is 22.9 Å². The zero-order valence-corrected chi connectivity index (χ0v) is 10.9. The quantitative estimate of drug-likeness (QED) is 0.884. The molecule has 1 aliphatic heterocycles. The van der Waals surface area contributed by atoms with Crippen LogP contribution in [0.3, 0.4) is 0 Å². The Balaban J connectivity index is 1.91. The van der Waals surface area contributed by atoms with Crippen LogP contribution in [0.15, 0.2) is 0 Å². The lowest BCUT2D eigenvalue weighted by Crippen LogP contribution is -2.28. The highest BCUT2D eigenvalue weighted by molar-refractivity contribution is 7.15. The molecule has 16 heavy (non-hydrogen) atoms.